The van der Waals surface area contributed by atoms with Crippen molar-refractivity contribution in [1.82, 2.24) is 15.1 Å². The first-order valence-electron chi connectivity index (χ1n) is 6.72. The molecule has 0 radical (unpaired) electrons. The Bertz CT molecular complexity index is 569. The standard InChI is InChI=1S/C15H20ClN3OS/c1-15(20,11-21-2)10-17-7-12-8-18-19(9-12)14-5-3-13(16)4-6-14/h3-6,8-9,17,20H,7,10-11H2,1-2H3. The van der Waals surface area contributed by atoms with Gasteiger partial charge in [0.05, 0.1) is 17.5 Å². The van der Waals surface area contributed by atoms with Crippen LogP contribution in [0.4, 0.5) is 0 Å². The van der Waals surface area contributed by atoms with Gasteiger partial charge in [-0.15, -0.1) is 0 Å². The van der Waals surface area contributed by atoms with Gasteiger partial charge in [0.1, 0.15) is 0 Å². The van der Waals surface area contributed by atoms with E-state index in [1.807, 2.05) is 54.5 Å². The average Bonchev–Trinajstić information content (AvgIpc) is 2.88. The molecule has 0 fully saturated rings. The van der Waals surface area contributed by atoms with Crippen LogP contribution in [-0.4, -0.2) is 39.0 Å². The van der Waals surface area contributed by atoms with Crippen molar-refractivity contribution in [2.75, 3.05) is 18.6 Å². The van der Waals surface area contributed by atoms with E-state index in [0.29, 0.717) is 23.9 Å². The van der Waals surface area contributed by atoms with E-state index >= 15 is 0 Å². The summed E-state index contributed by atoms with van der Waals surface area (Å²) >= 11 is 7.52. The number of hydrogen-bond acceptors (Lipinski definition) is 4. The number of aromatic nitrogens is 2. The maximum Gasteiger partial charge on any atom is 0.0833 e. The molecule has 114 valence electrons. The highest BCUT2D eigenvalue weighted by Gasteiger charge is 2.18. The zero-order chi connectivity index (χ0) is 15.3. The van der Waals surface area contributed by atoms with Crippen LogP contribution in [-0.2, 0) is 6.54 Å². The van der Waals surface area contributed by atoms with E-state index in [2.05, 4.69) is 10.4 Å². The third-order valence-electron chi connectivity index (χ3n) is 3.02. The lowest BCUT2D eigenvalue weighted by molar-refractivity contribution is 0.0846. The van der Waals surface area contributed by atoms with E-state index < -0.39 is 5.60 Å². The molecule has 0 amide bonds. The molecule has 6 heteroatoms. The van der Waals surface area contributed by atoms with E-state index in [0.717, 1.165) is 11.3 Å². The summed E-state index contributed by atoms with van der Waals surface area (Å²) in [6, 6.07) is 7.54. The van der Waals surface area contributed by atoms with Crippen molar-refractivity contribution in [3.63, 3.8) is 0 Å². The normalized spacial score (nSPS) is 14.1. The molecule has 0 aliphatic carbocycles. The smallest absolute Gasteiger partial charge is 0.0833 e. The SMILES string of the molecule is CSCC(C)(O)CNCc1cnn(-c2ccc(Cl)cc2)c1. The van der Waals surface area contributed by atoms with Crippen LogP contribution in [0.1, 0.15) is 12.5 Å². The Morgan fingerprint density at radius 2 is 2.10 bits per heavy atom. The summed E-state index contributed by atoms with van der Waals surface area (Å²) in [6.45, 7) is 3.08. The van der Waals surface area contributed by atoms with Gasteiger partial charge in [0.25, 0.3) is 0 Å². The summed E-state index contributed by atoms with van der Waals surface area (Å²) in [6.07, 6.45) is 5.79. The first-order chi connectivity index (χ1) is 10.00. The van der Waals surface area contributed by atoms with Crippen LogP contribution in [0, 0.1) is 0 Å². The van der Waals surface area contributed by atoms with Crippen molar-refractivity contribution in [1.29, 1.82) is 0 Å². The zero-order valence-electron chi connectivity index (χ0n) is 12.2. The van der Waals surface area contributed by atoms with Gasteiger partial charge in [-0.3, -0.25) is 0 Å². The van der Waals surface area contributed by atoms with E-state index in [-0.39, 0.29) is 0 Å². The van der Waals surface area contributed by atoms with E-state index in [1.165, 1.54) is 0 Å². The molecular weight excluding hydrogens is 306 g/mol. The molecule has 1 aromatic carbocycles. The van der Waals surface area contributed by atoms with Gasteiger partial charge in [0.2, 0.25) is 0 Å². The third-order valence-corrected chi connectivity index (χ3v) is 4.18. The maximum atomic E-state index is 10.1. The highest BCUT2D eigenvalue weighted by molar-refractivity contribution is 7.98. The number of halogens is 1. The molecule has 0 spiro atoms. The van der Waals surface area contributed by atoms with Crippen LogP contribution in [0.5, 0.6) is 0 Å². The second-order valence-corrected chi connectivity index (χ2v) is 6.61. The quantitative estimate of drug-likeness (QED) is 0.822. The fourth-order valence-electron chi connectivity index (χ4n) is 2.02. The van der Waals surface area contributed by atoms with Gasteiger partial charge in [-0.25, -0.2) is 4.68 Å². The highest BCUT2D eigenvalue weighted by Crippen LogP contribution is 2.14. The minimum atomic E-state index is -0.689. The molecule has 4 nitrogen and oxygen atoms in total. The summed E-state index contributed by atoms with van der Waals surface area (Å²) in [4.78, 5) is 0. The number of aliphatic hydroxyl groups is 1. The summed E-state index contributed by atoms with van der Waals surface area (Å²) in [5, 5.41) is 18.4. The van der Waals surface area contributed by atoms with E-state index in [9.17, 15) is 5.11 Å². The topological polar surface area (TPSA) is 50.1 Å². The first-order valence-corrected chi connectivity index (χ1v) is 8.49. The molecule has 2 aromatic rings. The van der Waals surface area contributed by atoms with Crippen molar-refractivity contribution >= 4 is 23.4 Å². The molecule has 0 bridgehead atoms. The molecule has 2 rings (SSSR count). The second-order valence-electron chi connectivity index (χ2n) is 5.30. The molecule has 0 saturated carbocycles. The van der Waals surface area contributed by atoms with Gasteiger partial charge in [-0.1, -0.05) is 11.6 Å². The predicted octanol–water partition coefficient (Wildman–Crippen LogP) is 2.73. The Hall–Kier alpha value is -1.01. The highest BCUT2D eigenvalue weighted by atomic mass is 35.5. The average molecular weight is 326 g/mol. The molecule has 0 aliphatic heterocycles. The number of thioether (sulfide) groups is 1. The molecule has 1 aromatic heterocycles. The number of rotatable bonds is 7. The molecule has 2 N–H and O–H groups in total. The predicted molar refractivity (Wildman–Crippen MR) is 89.3 cm³/mol. The van der Waals surface area contributed by atoms with Gasteiger partial charge in [0, 0.05) is 35.6 Å². The maximum absolute atomic E-state index is 10.1. The lowest BCUT2D eigenvalue weighted by Crippen LogP contribution is -2.39. The third kappa shape index (κ3) is 5.04. The van der Waals surface area contributed by atoms with Crippen LogP contribution in [0.25, 0.3) is 5.69 Å². The molecule has 21 heavy (non-hydrogen) atoms. The van der Waals surface area contributed by atoms with Gasteiger partial charge >= 0.3 is 0 Å². The number of benzene rings is 1. The van der Waals surface area contributed by atoms with Crippen LogP contribution >= 0.6 is 23.4 Å². The fourth-order valence-corrected chi connectivity index (χ4v) is 2.87. The molecular formula is C15H20ClN3OS. The minimum absolute atomic E-state index is 0.556. The summed E-state index contributed by atoms with van der Waals surface area (Å²) in [5.41, 5.74) is 1.36. The summed E-state index contributed by atoms with van der Waals surface area (Å²) < 4.78 is 1.81. The number of hydrogen-bond donors (Lipinski definition) is 2. The molecule has 0 saturated heterocycles. The van der Waals surface area contributed by atoms with E-state index in [1.54, 1.807) is 11.8 Å². The van der Waals surface area contributed by atoms with Crippen molar-refractivity contribution < 1.29 is 5.11 Å². The van der Waals surface area contributed by atoms with Crippen LogP contribution in [0.2, 0.25) is 5.02 Å². The lowest BCUT2D eigenvalue weighted by Gasteiger charge is -2.22. The van der Waals surface area contributed by atoms with Gasteiger partial charge in [-0.2, -0.15) is 16.9 Å². The molecule has 1 unspecified atom stereocenters. The van der Waals surface area contributed by atoms with Crippen molar-refractivity contribution in [3.8, 4) is 5.69 Å². The Morgan fingerprint density at radius 1 is 1.38 bits per heavy atom. The number of nitrogens with zero attached hydrogens (tertiary/aromatic N) is 2. The first kappa shape index (κ1) is 16.4. The van der Waals surface area contributed by atoms with Crippen molar-refractivity contribution in [2.45, 2.75) is 19.1 Å². The van der Waals surface area contributed by atoms with Crippen LogP contribution in [0.3, 0.4) is 0 Å². The Labute approximate surface area is 134 Å². The van der Waals surface area contributed by atoms with Gasteiger partial charge in [0.15, 0.2) is 0 Å². The Kier molecular flexibility index (Phi) is 5.70. The summed E-state index contributed by atoms with van der Waals surface area (Å²) in [5.74, 6) is 0.712. The largest absolute Gasteiger partial charge is 0.388 e. The van der Waals surface area contributed by atoms with Crippen LogP contribution in [0.15, 0.2) is 36.7 Å². The monoisotopic (exact) mass is 325 g/mol. The minimum Gasteiger partial charge on any atom is -0.388 e. The summed E-state index contributed by atoms with van der Waals surface area (Å²) in [7, 11) is 0. The fraction of sp³-hybridized carbons (Fsp3) is 0.400. The Morgan fingerprint density at radius 3 is 2.76 bits per heavy atom. The van der Waals surface area contributed by atoms with Gasteiger partial charge < -0.3 is 10.4 Å². The lowest BCUT2D eigenvalue weighted by atomic mass is 10.1. The van der Waals surface area contributed by atoms with E-state index in [4.69, 9.17) is 11.6 Å². The zero-order valence-corrected chi connectivity index (χ0v) is 13.8. The Balaban J connectivity index is 1.90. The van der Waals surface area contributed by atoms with Gasteiger partial charge in [-0.05, 0) is 37.4 Å². The number of nitrogens with one attached hydrogen (secondary N) is 1. The molecule has 0 aliphatic rings. The second kappa shape index (κ2) is 7.31. The van der Waals surface area contributed by atoms with Crippen LogP contribution < -0.4 is 5.32 Å². The van der Waals surface area contributed by atoms with Crippen molar-refractivity contribution in [3.05, 3.63) is 47.2 Å². The molecule has 1 atom stereocenters. The van der Waals surface area contributed by atoms with Crippen molar-refractivity contribution in [2.24, 2.45) is 0 Å². The molecule has 1 heterocycles.